The molecule has 1 fully saturated rings. The number of carbonyl (C=O) groups excluding carboxylic acids is 1. The van der Waals surface area contributed by atoms with Gasteiger partial charge in [0.25, 0.3) is 5.91 Å². The molecule has 5 nitrogen and oxygen atoms in total. The Labute approximate surface area is 119 Å². The van der Waals surface area contributed by atoms with E-state index in [4.69, 9.17) is 11.6 Å². The molecule has 0 atom stereocenters. The van der Waals surface area contributed by atoms with Gasteiger partial charge in [-0.05, 0) is 30.4 Å². The summed E-state index contributed by atoms with van der Waals surface area (Å²) in [6.07, 6.45) is 3.65. The van der Waals surface area contributed by atoms with Gasteiger partial charge < -0.3 is 10.4 Å². The van der Waals surface area contributed by atoms with Crippen molar-refractivity contribution in [2.75, 3.05) is 11.5 Å². The van der Waals surface area contributed by atoms with E-state index >= 15 is 0 Å². The fourth-order valence-corrected chi connectivity index (χ4v) is 3.35. The Morgan fingerprint density at radius 3 is 2.68 bits per heavy atom. The minimum Gasteiger partial charge on any atom is -0.480 e. The zero-order valence-electron chi connectivity index (χ0n) is 10.1. The first-order valence-corrected chi connectivity index (χ1v) is 7.32. The van der Waals surface area contributed by atoms with Gasteiger partial charge in [0.15, 0.2) is 0 Å². The van der Waals surface area contributed by atoms with E-state index < -0.39 is 17.4 Å². The second-order valence-electron chi connectivity index (χ2n) is 4.31. The molecule has 0 aliphatic carbocycles. The molecule has 7 heteroatoms. The summed E-state index contributed by atoms with van der Waals surface area (Å²) in [5, 5.41) is 12.2. The third-order valence-electron chi connectivity index (χ3n) is 3.13. The normalized spacial score (nSPS) is 17.7. The molecule has 0 spiro atoms. The molecule has 0 unspecified atom stereocenters. The number of hydrogen-bond acceptors (Lipinski definition) is 4. The van der Waals surface area contributed by atoms with Gasteiger partial charge in [-0.25, -0.2) is 4.79 Å². The second-order valence-corrected chi connectivity index (χ2v) is 5.94. The topological polar surface area (TPSA) is 79.3 Å². The van der Waals surface area contributed by atoms with Crippen LogP contribution >= 0.6 is 23.4 Å². The van der Waals surface area contributed by atoms with E-state index in [9.17, 15) is 14.7 Å². The van der Waals surface area contributed by atoms with Crippen molar-refractivity contribution in [3.05, 3.63) is 29.0 Å². The minimum absolute atomic E-state index is 0.214. The van der Waals surface area contributed by atoms with Gasteiger partial charge in [-0.3, -0.25) is 9.78 Å². The molecule has 0 aromatic carbocycles. The Hall–Kier alpha value is -1.27. The van der Waals surface area contributed by atoms with E-state index in [1.165, 1.54) is 18.5 Å². The van der Waals surface area contributed by atoms with E-state index in [-0.39, 0.29) is 10.6 Å². The van der Waals surface area contributed by atoms with Crippen LogP contribution in [0.5, 0.6) is 0 Å². The van der Waals surface area contributed by atoms with Gasteiger partial charge in [-0.1, -0.05) is 11.6 Å². The fourth-order valence-electron chi connectivity index (χ4n) is 1.96. The monoisotopic (exact) mass is 300 g/mol. The lowest BCUT2D eigenvalue weighted by Gasteiger charge is -2.33. The highest BCUT2D eigenvalue weighted by Crippen LogP contribution is 2.28. The molecule has 1 aliphatic rings. The molecule has 0 bridgehead atoms. The van der Waals surface area contributed by atoms with Gasteiger partial charge in [0.2, 0.25) is 0 Å². The van der Waals surface area contributed by atoms with Crippen molar-refractivity contribution in [3.63, 3.8) is 0 Å². The van der Waals surface area contributed by atoms with Crippen molar-refractivity contribution < 1.29 is 14.7 Å². The Balaban J connectivity index is 2.20. The zero-order valence-corrected chi connectivity index (χ0v) is 11.6. The van der Waals surface area contributed by atoms with Crippen molar-refractivity contribution in [2.45, 2.75) is 18.4 Å². The summed E-state index contributed by atoms with van der Waals surface area (Å²) in [5.74, 6) is -0.0270. The smallest absolute Gasteiger partial charge is 0.329 e. The predicted molar refractivity (Wildman–Crippen MR) is 73.6 cm³/mol. The van der Waals surface area contributed by atoms with Crippen molar-refractivity contribution in [2.24, 2.45) is 0 Å². The highest BCUT2D eigenvalue weighted by atomic mass is 35.5. The predicted octanol–water partition coefficient (Wildman–Crippen LogP) is 1.82. The lowest BCUT2D eigenvalue weighted by Crippen LogP contribution is -2.56. The Morgan fingerprint density at radius 2 is 2.11 bits per heavy atom. The number of carboxylic acid groups (broad SMARTS) is 1. The molecule has 1 saturated heterocycles. The third-order valence-corrected chi connectivity index (χ3v) is 4.41. The number of rotatable bonds is 3. The van der Waals surface area contributed by atoms with Crippen LogP contribution in [0, 0.1) is 0 Å². The van der Waals surface area contributed by atoms with E-state index in [1.807, 2.05) is 0 Å². The molecule has 1 amide bonds. The first-order valence-electron chi connectivity index (χ1n) is 5.78. The molecule has 2 heterocycles. The summed E-state index contributed by atoms with van der Waals surface area (Å²) >= 11 is 7.58. The second kappa shape index (κ2) is 5.79. The van der Waals surface area contributed by atoms with Gasteiger partial charge in [0.1, 0.15) is 5.54 Å². The summed E-state index contributed by atoms with van der Waals surface area (Å²) in [4.78, 5) is 27.4. The molecule has 2 N–H and O–H groups in total. The van der Waals surface area contributed by atoms with Crippen LogP contribution in [0.1, 0.15) is 23.2 Å². The number of pyridine rings is 1. The summed E-state index contributed by atoms with van der Waals surface area (Å²) in [6.45, 7) is 0. The van der Waals surface area contributed by atoms with Crippen molar-refractivity contribution in [3.8, 4) is 0 Å². The summed E-state index contributed by atoms with van der Waals surface area (Å²) in [6, 6.07) is 1.48. The number of amides is 1. The lowest BCUT2D eigenvalue weighted by molar-refractivity contribution is -0.144. The highest BCUT2D eigenvalue weighted by Gasteiger charge is 2.41. The molecular formula is C12H13ClN2O3S. The third kappa shape index (κ3) is 3.01. The zero-order chi connectivity index (χ0) is 13.9. The number of thioether (sulfide) groups is 1. The van der Waals surface area contributed by atoms with Crippen LogP contribution in [0.2, 0.25) is 5.02 Å². The fraction of sp³-hybridized carbons (Fsp3) is 0.417. The molecule has 0 radical (unpaired) electrons. The first-order chi connectivity index (χ1) is 9.05. The number of carbonyl (C=O) groups is 2. The van der Waals surface area contributed by atoms with E-state index in [0.29, 0.717) is 12.8 Å². The van der Waals surface area contributed by atoms with Gasteiger partial charge >= 0.3 is 5.97 Å². The van der Waals surface area contributed by atoms with Gasteiger partial charge in [-0.15, -0.1) is 0 Å². The number of aliphatic carboxylic acids is 1. The maximum atomic E-state index is 12.1. The van der Waals surface area contributed by atoms with E-state index in [0.717, 1.165) is 11.5 Å². The Morgan fingerprint density at radius 1 is 1.42 bits per heavy atom. The maximum Gasteiger partial charge on any atom is 0.329 e. The molecule has 0 saturated carbocycles. The number of carboxylic acids is 1. The molecule has 1 aliphatic heterocycles. The quantitative estimate of drug-likeness (QED) is 0.890. The SMILES string of the molecule is O=C(NC1(C(=O)O)CCSCC1)c1ccncc1Cl. The molecule has 1 aromatic rings. The number of nitrogens with zero attached hydrogens (tertiary/aromatic N) is 1. The van der Waals surface area contributed by atoms with Crippen LogP contribution in [0.4, 0.5) is 0 Å². The van der Waals surface area contributed by atoms with Crippen LogP contribution in [-0.4, -0.2) is 39.0 Å². The Bertz CT molecular complexity index is 504. The van der Waals surface area contributed by atoms with Crippen LogP contribution < -0.4 is 5.32 Å². The molecule has 19 heavy (non-hydrogen) atoms. The molecule has 1 aromatic heterocycles. The molecule has 102 valence electrons. The number of nitrogens with one attached hydrogen (secondary N) is 1. The summed E-state index contributed by atoms with van der Waals surface area (Å²) in [7, 11) is 0. The average Bonchev–Trinajstić information content (AvgIpc) is 2.40. The van der Waals surface area contributed by atoms with Crippen molar-refractivity contribution in [1.29, 1.82) is 0 Å². The van der Waals surface area contributed by atoms with Gasteiger partial charge in [-0.2, -0.15) is 11.8 Å². The first kappa shape index (κ1) is 14.1. The van der Waals surface area contributed by atoms with E-state index in [2.05, 4.69) is 10.3 Å². The maximum absolute atomic E-state index is 12.1. The standard InChI is InChI=1S/C12H13ClN2O3S/c13-9-7-14-4-1-8(9)10(16)15-12(11(17)18)2-5-19-6-3-12/h1,4,7H,2-3,5-6H2,(H,15,16)(H,17,18). The molecular weight excluding hydrogens is 288 g/mol. The minimum atomic E-state index is -1.19. The number of halogens is 1. The van der Waals surface area contributed by atoms with Crippen molar-refractivity contribution in [1.82, 2.24) is 10.3 Å². The van der Waals surface area contributed by atoms with Crippen LogP contribution in [0.25, 0.3) is 0 Å². The lowest BCUT2D eigenvalue weighted by atomic mass is 9.92. The van der Waals surface area contributed by atoms with E-state index in [1.54, 1.807) is 11.8 Å². The van der Waals surface area contributed by atoms with Crippen molar-refractivity contribution >= 4 is 35.2 Å². The summed E-state index contributed by atoms with van der Waals surface area (Å²) < 4.78 is 0. The number of hydrogen-bond donors (Lipinski definition) is 2. The highest BCUT2D eigenvalue weighted by molar-refractivity contribution is 7.99. The van der Waals surface area contributed by atoms with Gasteiger partial charge in [0, 0.05) is 12.4 Å². The average molecular weight is 301 g/mol. The van der Waals surface area contributed by atoms with Crippen LogP contribution in [0.3, 0.4) is 0 Å². The Kier molecular flexibility index (Phi) is 4.31. The van der Waals surface area contributed by atoms with Gasteiger partial charge in [0.05, 0.1) is 10.6 Å². The largest absolute Gasteiger partial charge is 0.480 e. The molecule has 2 rings (SSSR count). The van der Waals surface area contributed by atoms with Crippen LogP contribution in [0.15, 0.2) is 18.5 Å². The van der Waals surface area contributed by atoms with Crippen LogP contribution in [-0.2, 0) is 4.79 Å². The summed E-state index contributed by atoms with van der Waals surface area (Å²) in [5.41, 5.74) is -0.940. The number of aromatic nitrogens is 1.